The summed E-state index contributed by atoms with van der Waals surface area (Å²) in [5, 5.41) is 9.40. The molecule has 2 heterocycles. The molecule has 0 spiro atoms. The molecule has 16 heavy (non-hydrogen) atoms. The average molecular weight is 236 g/mol. The summed E-state index contributed by atoms with van der Waals surface area (Å²) in [7, 11) is 0. The SMILES string of the molecule is Cc1ccn(CCC(=O)Nc2nccs2)n1. The van der Waals surface area contributed by atoms with Crippen LogP contribution in [0.1, 0.15) is 12.1 Å². The van der Waals surface area contributed by atoms with Gasteiger partial charge in [-0.2, -0.15) is 5.10 Å². The van der Waals surface area contributed by atoms with Gasteiger partial charge in [0.15, 0.2) is 5.13 Å². The maximum atomic E-state index is 11.5. The van der Waals surface area contributed by atoms with Gasteiger partial charge in [0.2, 0.25) is 5.91 Å². The fourth-order valence-electron chi connectivity index (χ4n) is 1.27. The summed E-state index contributed by atoms with van der Waals surface area (Å²) >= 11 is 1.41. The number of carbonyl (C=O) groups is 1. The van der Waals surface area contributed by atoms with E-state index in [-0.39, 0.29) is 5.91 Å². The van der Waals surface area contributed by atoms with Gasteiger partial charge >= 0.3 is 0 Å². The van der Waals surface area contributed by atoms with E-state index >= 15 is 0 Å². The molecule has 0 saturated carbocycles. The predicted molar refractivity (Wildman–Crippen MR) is 62.3 cm³/mol. The van der Waals surface area contributed by atoms with Crippen molar-refractivity contribution < 1.29 is 4.79 Å². The molecule has 2 aromatic rings. The van der Waals surface area contributed by atoms with Crippen LogP contribution >= 0.6 is 11.3 Å². The van der Waals surface area contributed by atoms with Gasteiger partial charge in [0.1, 0.15) is 0 Å². The Balaban J connectivity index is 1.80. The van der Waals surface area contributed by atoms with Gasteiger partial charge in [0, 0.05) is 30.7 Å². The molecule has 0 aliphatic rings. The lowest BCUT2D eigenvalue weighted by Gasteiger charge is -2.01. The molecule has 2 rings (SSSR count). The zero-order valence-electron chi connectivity index (χ0n) is 8.88. The number of hydrogen-bond acceptors (Lipinski definition) is 4. The second-order valence-corrected chi connectivity index (χ2v) is 4.25. The van der Waals surface area contributed by atoms with Crippen LogP contribution in [0.2, 0.25) is 0 Å². The van der Waals surface area contributed by atoms with Crippen LogP contribution in [0, 0.1) is 6.92 Å². The number of aromatic nitrogens is 3. The summed E-state index contributed by atoms with van der Waals surface area (Å²) in [6.45, 7) is 2.51. The van der Waals surface area contributed by atoms with Crippen molar-refractivity contribution in [2.45, 2.75) is 19.9 Å². The molecule has 5 nitrogen and oxygen atoms in total. The van der Waals surface area contributed by atoms with Gasteiger partial charge in [-0.05, 0) is 13.0 Å². The highest BCUT2D eigenvalue weighted by molar-refractivity contribution is 7.13. The van der Waals surface area contributed by atoms with E-state index in [4.69, 9.17) is 0 Å². The molecular formula is C10H12N4OS. The van der Waals surface area contributed by atoms with Gasteiger partial charge in [-0.15, -0.1) is 11.3 Å². The molecule has 2 aromatic heterocycles. The first-order chi connectivity index (χ1) is 7.74. The summed E-state index contributed by atoms with van der Waals surface area (Å²) < 4.78 is 1.76. The molecule has 1 N–H and O–H groups in total. The first-order valence-corrected chi connectivity index (χ1v) is 5.81. The summed E-state index contributed by atoms with van der Waals surface area (Å²) in [6.07, 6.45) is 3.93. The van der Waals surface area contributed by atoms with Crippen LogP contribution < -0.4 is 5.32 Å². The summed E-state index contributed by atoms with van der Waals surface area (Å²) in [6, 6.07) is 1.92. The van der Waals surface area contributed by atoms with E-state index in [1.54, 1.807) is 10.9 Å². The highest BCUT2D eigenvalue weighted by Crippen LogP contribution is 2.10. The van der Waals surface area contributed by atoms with E-state index in [0.717, 1.165) is 5.69 Å². The number of carbonyl (C=O) groups excluding carboxylic acids is 1. The molecule has 0 bridgehead atoms. The highest BCUT2D eigenvalue weighted by atomic mass is 32.1. The fraction of sp³-hybridized carbons (Fsp3) is 0.300. The third-order valence-electron chi connectivity index (χ3n) is 2.02. The summed E-state index contributed by atoms with van der Waals surface area (Å²) in [5.41, 5.74) is 0.959. The van der Waals surface area contributed by atoms with E-state index in [9.17, 15) is 4.79 Å². The fourth-order valence-corrected chi connectivity index (χ4v) is 1.82. The zero-order chi connectivity index (χ0) is 11.4. The van der Waals surface area contributed by atoms with Crippen molar-refractivity contribution in [1.82, 2.24) is 14.8 Å². The van der Waals surface area contributed by atoms with Crippen molar-refractivity contribution in [3.05, 3.63) is 29.5 Å². The van der Waals surface area contributed by atoms with E-state index < -0.39 is 0 Å². The molecule has 0 aliphatic heterocycles. The van der Waals surface area contributed by atoms with Gasteiger partial charge < -0.3 is 5.32 Å². The Hall–Kier alpha value is -1.69. The molecule has 0 saturated heterocycles. The molecule has 6 heteroatoms. The molecule has 0 fully saturated rings. The first-order valence-electron chi connectivity index (χ1n) is 4.93. The monoisotopic (exact) mass is 236 g/mol. The lowest BCUT2D eigenvalue weighted by molar-refractivity contribution is -0.116. The van der Waals surface area contributed by atoms with Crippen LogP contribution in [0.25, 0.3) is 0 Å². The van der Waals surface area contributed by atoms with E-state index in [1.807, 2.05) is 24.6 Å². The molecule has 0 aliphatic carbocycles. The number of hydrogen-bond donors (Lipinski definition) is 1. The Morgan fingerprint density at radius 2 is 2.50 bits per heavy atom. The first kappa shape index (κ1) is 10.8. The van der Waals surface area contributed by atoms with Crippen molar-refractivity contribution in [2.24, 2.45) is 0 Å². The normalized spacial score (nSPS) is 10.3. The predicted octanol–water partition coefficient (Wildman–Crippen LogP) is 1.68. The van der Waals surface area contributed by atoms with Crippen LogP contribution in [0.4, 0.5) is 5.13 Å². The van der Waals surface area contributed by atoms with Crippen LogP contribution in [0.3, 0.4) is 0 Å². The maximum Gasteiger partial charge on any atom is 0.228 e. The molecule has 1 amide bonds. The van der Waals surface area contributed by atoms with Crippen LogP contribution in [0.5, 0.6) is 0 Å². The molecule has 0 radical (unpaired) electrons. The Labute approximate surface area is 97.1 Å². The standard InChI is InChI=1S/C10H12N4OS/c1-8-2-5-14(13-8)6-3-9(15)12-10-11-4-7-16-10/h2,4-5,7H,3,6H2,1H3,(H,11,12,15). The van der Waals surface area contributed by atoms with Gasteiger partial charge in [0.05, 0.1) is 5.69 Å². The van der Waals surface area contributed by atoms with Gasteiger partial charge in [-0.25, -0.2) is 4.98 Å². The minimum absolute atomic E-state index is 0.0388. The quantitative estimate of drug-likeness (QED) is 0.878. The number of amides is 1. The van der Waals surface area contributed by atoms with Crippen LogP contribution in [-0.2, 0) is 11.3 Å². The van der Waals surface area contributed by atoms with Crippen molar-refractivity contribution in [2.75, 3.05) is 5.32 Å². The number of aryl methyl sites for hydroxylation is 2. The largest absolute Gasteiger partial charge is 0.302 e. The van der Waals surface area contributed by atoms with Crippen LogP contribution in [0.15, 0.2) is 23.8 Å². The summed E-state index contributed by atoms with van der Waals surface area (Å²) in [5.74, 6) is -0.0388. The molecular weight excluding hydrogens is 224 g/mol. The number of rotatable bonds is 4. The Kier molecular flexibility index (Phi) is 3.31. The highest BCUT2D eigenvalue weighted by Gasteiger charge is 2.04. The average Bonchev–Trinajstić information content (AvgIpc) is 2.87. The molecule has 0 atom stereocenters. The molecule has 0 aromatic carbocycles. The maximum absolute atomic E-state index is 11.5. The van der Waals surface area contributed by atoms with E-state index in [0.29, 0.717) is 18.1 Å². The van der Waals surface area contributed by atoms with Crippen LogP contribution in [-0.4, -0.2) is 20.7 Å². The smallest absolute Gasteiger partial charge is 0.228 e. The third kappa shape index (κ3) is 2.90. The number of anilines is 1. The topological polar surface area (TPSA) is 59.8 Å². The number of nitrogens with zero attached hydrogens (tertiary/aromatic N) is 3. The Morgan fingerprint density at radius 1 is 1.62 bits per heavy atom. The van der Waals surface area contributed by atoms with E-state index in [2.05, 4.69) is 15.4 Å². The Morgan fingerprint density at radius 3 is 3.12 bits per heavy atom. The van der Waals surface area contributed by atoms with Crippen molar-refractivity contribution in [3.8, 4) is 0 Å². The summed E-state index contributed by atoms with van der Waals surface area (Å²) in [4.78, 5) is 15.5. The third-order valence-corrected chi connectivity index (χ3v) is 2.71. The van der Waals surface area contributed by atoms with Gasteiger partial charge in [0.25, 0.3) is 0 Å². The van der Waals surface area contributed by atoms with Crippen molar-refractivity contribution in [1.29, 1.82) is 0 Å². The number of thiazole rings is 1. The number of nitrogens with one attached hydrogen (secondary N) is 1. The Bertz CT molecular complexity index is 463. The molecule has 84 valence electrons. The minimum Gasteiger partial charge on any atom is -0.302 e. The van der Waals surface area contributed by atoms with Crippen molar-refractivity contribution in [3.63, 3.8) is 0 Å². The second-order valence-electron chi connectivity index (χ2n) is 3.36. The van der Waals surface area contributed by atoms with Gasteiger partial charge in [-0.3, -0.25) is 9.48 Å². The van der Waals surface area contributed by atoms with E-state index in [1.165, 1.54) is 11.3 Å². The second kappa shape index (κ2) is 4.89. The lowest BCUT2D eigenvalue weighted by Crippen LogP contribution is -2.14. The lowest BCUT2D eigenvalue weighted by atomic mass is 10.4. The molecule has 0 unspecified atom stereocenters. The minimum atomic E-state index is -0.0388. The van der Waals surface area contributed by atoms with Gasteiger partial charge in [-0.1, -0.05) is 0 Å². The van der Waals surface area contributed by atoms with Crippen molar-refractivity contribution >= 4 is 22.4 Å². The zero-order valence-corrected chi connectivity index (χ0v) is 9.70.